The van der Waals surface area contributed by atoms with Gasteiger partial charge >= 0.3 is 5.97 Å². The highest BCUT2D eigenvalue weighted by molar-refractivity contribution is 5.78. The van der Waals surface area contributed by atoms with E-state index >= 15 is 0 Å². The van der Waals surface area contributed by atoms with Gasteiger partial charge in [-0.2, -0.15) is 0 Å². The molecule has 1 aromatic carbocycles. The van der Waals surface area contributed by atoms with Gasteiger partial charge in [0.2, 0.25) is 0 Å². The molecule has 3 nitrogen and oxygen atoms in total. The summed E-state index contributed by atoms with van der Waals surface area (Å²) in [6.07, 6.45) is 2.08. The number of nitrogens with one attached hydrogen (secondary N) is 1. The van der Waals surface area contributed by atoms with E-state index in [0.717, 1.165) is 12.8 Å². The van der Waals surface area contributed by atoms with Gasteiger partial charge in [-0.3, -0.25) is 4.79 Å². The van der Waals surface area contributed by atoms with Crippen LogP contribution in [-0.4, -0.2) is 24.2 Å². The Bertz CT molecular complexity index is 416. The van der Waals surface area contributed by atoms with Crippen molar-refractivity contribution in [3.8, 4) is 0 Å². The summed E-state index contributed by atoms with van der Waals surface area (Å²) < 4.78 is 13.3. The maximum absolute atomic E-state index is 13.3. The third-order valence-electron chi connectivity index (χ3n) is 3.30. The van der Waals surface area contributed by atoms with Crippen molar-refractivity contribution in [1.29, 1.82) is 0 Å². The number of hydrogen-bond donors (Lipinski definition) is 2. The Labute approximate surface area is 99.7 Å². The molecule has 2 N–H and O–H groups in total. The topological polar surface area (TPSA) is 49.3 Å². The van der Waals surface area contributed by atoms with Crippen molar-refractivity contribution < 1.29 is 14.3 Å². The maximum atomic E-state index is 13.3. The Hall–Kier alpha value is -1.42. The predicted octanol–water partition coefficient (Wildman–Crippen LogP) is 1.82. The first-order chi connectivity index (χ1) is 8.14. The van der Waals surface area contributed by atoms with Crippen LogP contribution in [0, 0.1) is 11.2 Å². The first-order valence-corrected chi connectivity index (χ1v) is 5.82. The molecular formula is C13H16FNO2. The van der Waals surface area contributed by atoms with Gasteiger partial charge in [0.05, 0.1) is 5.41 Å². The van der Waals surface area contributed by atoms with Gasteiger partial charge < -0.3 is 10.4 Å². The quantitative estimate of drug-likeness (QED) is 0.742. The third-order valence-corrected chi connectivity index (χ3v) is 3.30. The Balaban J connectivity index is 1.74. The molecule has 0 aromatic heterocycles. The SMILES string of the molecule is O=C(O)C1(CNCCc2ccccc2F)CC1. The lowest BCUT2D eigenvalue weighted by Crippen LogP contribution is -2.31. The largest absolute Gasteiger partial charge is 0.481 e. The average Bonchev–Trinajstić information content (AvgIpc) is 3.08. The van der Waals surface area contributed by atoms with E-state index in [4.69, 9.17) is 5.11 Å². The second-order valence-electron chi connectivity index (χ2n) is 4.60. The lowest BCUT2D eigenvalue weighted by Gasteiger charge is -2.11. The molecule has 1 fully saturated rings. The third kappa shape index (κ3) is 2.82. The van der Waals surface area contributed by atoms with Crippen molar-refractivity contribution in [3.05, 3.63) is 35.6 Å². The highest BCUT2D eigenvalue weighted by Gasteiger charge is 2.49. The van der Waals surface area contributed by atoms with Crippen LogP contribution < -0.4 is 5.32 Å². The number of carbonyl (C=O) groups is 1. The lowest BCUT2D eigenvalue weighted by atomic mass is 10.1. The molecule has 1 aliphatic carbocycles. The minimum atomic E-state index is -0.726. The summed E-state index contributed by atoms with van der Waals surface area (Å²) in [6.45, 7) is 1.09. The zero-order chi connectivity index (χ0) is 12.3. The van der Waals surface area contributed by atoms with Crippen LogP contribution in [0.5, 0.6) is 0 Å². The van der Waals surface area contributed by atoms with E-state index in [0.29, 0.717) is 25.1 Å². The molecule has 0 amide bonds. The van der Waals surface area contributed by atoms with Crippen LogP contribution in [0.25, 0.3) is 0 Å². The van der Waals surface area contributed by atoms with Crippen molar-refractivity contribution in [2.24, 2.45) is 5.41 Å². The average molecular weight is 237 g/mol. The molecule has 0 bridgehead atoms. The van der Waals surface area contributed by atoms with Gasteiger partial charge in [-0.25, -0.2) is 4.39 Å². The number of carboxylic acids is 1. The number of benzene rings is 1. The first kappa shape index (κ1) is 12.0. The summed E-state index contributed by atoms with van der Waals surface area (Å²) in [6, 6.07) is 6.66. The van der Waals surface area contributed by atoms with Crippen molar-refractivity contribution in [2.75, 3.05) is 13.1 Å². The van der Waals surface area contributed by atoms with Crippen molar-refractivity contribution >= 4 is 5.97 Å². The summed E-state index contributed by atoms with van der Waals surface area (Å²) in [7, 11) is 0. The normalized spacial score (nSPS) is 16.8. The smallest absolute Gasteiger partial charge is 0.310 e. The summed E-state index contributed by atoms with van der Waals surface area (Å²) in [5.74, 6) is -0.926. The van der Waals surface area contributed by atoms with Gasteiger partial charge in [-0.15, -0.1) is 0 Å². The van der Waals surface area contributed by atoms with Crippen molar-refractivity contribution in [3.63, 3.8) is 0 Å². The number of carboxylic acid groups (broad SMARTS) is 1. The molecule has 1 aromatic rings. The summed E-state index contributed by atoms with van der Waals surface area (Å²) in [5, 5.41) is 12.1. The highest BCUT2D eigenvalue weighted by Crippen LogP contribution is 2.45. The van der Waals surface area contributed by atoms with E-state index in [1.807, 2.05) is 0 Å². The van der Waals surface area contributed by atoms with Crippen LogP contribution in [0.15, 0.2) is 24.3 Å². The van der Waals surface area contributed by atoms with Crippen molar-refractivity contribution in [2.45, 2.75) is 19.3 Å². The van der Waals surface area contributed by atoms with Gasteiger partial charge in [-0.1, -0.05) is 18.2 Å². The predicted molar refractivity (Wildman–Crippen MR) is 62.3 cm³/mol. The Morgan fingerprint density at radius 2 is 2.12 bits per heavy atom. The molecule has 17 heavy (non-hydrogen) atoms. The molecule has 0 aliphatic heterocycles. The van der Waals surface area contributed by atoms with Gasteiger partial charge in [-0.05, 0) is 37.4 Å². The molecule has 0 unspecified atom stereocenters. The molecule has 0 atom stereocenters. The van der Waals surface area contributed by atoms with Gasteiger partial charge in [0.15, 0.2) is 0 Å². The molecule has 0 saturated heterocycles. The molecule has 4 heteroatoms. The first-order valence-electron chi connectivity index (χ1n) is 5.82. The maximum Gasteiger partial charge on any atom is 0.310 e. The van der Waals surface area contributed by atoms with E-state index in [-0.39, 0.29) is 5.82 Å². The molecule has 1 saturated carbocycles. The Morgan fingerprint density at radius 3 is 2.71 bits per heavy atom. The second kappa shape index (κ2) is 4.84. The van der Waals surface area contributed by atoms with Gasteiger partial charge in [0.1, 0.15) is 5.82 Å². The summed E-state index contributed by atoms with van der Waals surface area (Å²) >= 11 is 0. The molecule has 2 rings (SSSR count). The van der Waals surface area contributed by atoms with Crippen LogP contribution in [0.4, 0.5) is 4.39 Å². The molecule has 0 heterocycles. The highest BCUT2D eigenvalue weighted by atomic mass is 19.1. The fourth-order valence-corrected chi connectivity index (χ4v) is 1.87. The Morgan fingerprint density at radius 1 is 1.41 bits per heavy atom. The van der Waals surface area contributed by atoms with Crippen LogP contribution in [-0.2, 0) is 11.2 Å². The van der Waals surface area contributed by atoms with E-state index < -0.39 is 11.4 Å². The summed E-state index contributed by atoms with van der Waals surface area (Å²) in [5.41, 5.74) is 0.120. The number of halogens is 1. The zero-order valence-corrected chi connectivity index (χ0v) is 9.58. The fourth-order valence-electron chi connectivity index (χ4n) is 1.87. The summed E-state index contributed by atoms with van der Waals surface area (Å²) in [4.78, 5) is 10.9. The molecule has 0 spiro atoms. The minimum absolute atomic E-state index is 0.200. The number of hydrogen-bond acceptors (Lipinski definition) is 2. The molecular weight excluding hydrogens is 221 g/mol. The van der Waals surface area contributed by atoms with Crippen LogP contribution >= 0.6 is 0 Å². The van der Waals surface area contributed by atoms with Crippen LogP contribution in [0.2, 0.25) is 0 Å². The monoisotopic (exact) mass is 237 g/mol. The lowest BCUT2D eigenvalue weighted by molar-refractivity contribution is -0.143. The van der Waals surface area contributed by atoms with Crippen LogP contribution in [0.1, 0.15) is 18.4 Å². The zero-order valence-electron chi connectivity index (χ0n) is 9.58. The molecule has 92 valence electrons. The standard InChI is InChI=1S/C13H16FNO2/c14-11-4-2-1-3-10(11)5-8-15-9-13(6-7-13)12(16)17/h1-4,15H,5-9H2,(H,16,17). The minimum Gasteiger partial charge on any atom is -0.481 e. The van der Waals surface area contributed by atoms with E-state index in [2.05, 4.69) is 5.32 Å². The number of aliphatic carboxylic acids is 1. The van der Waals surface area contributed by atoms with E-state index in [9.17, 15) is 9.18 Å². The second-order valence-corrected chi connectivity index (χ2v) is 4.60. The number of rotatable bonds is 6. The Kier molecular flexibility index (Phi) is 3.43. The van der Waals surface area contributed by atoms with E-state index in [1.165, 1.54) is 6.07 Å². The molecule has 0 radical (unpaired) electrons. The van der Waals surface area contributed by atoms with Crippen LogP contribution in [0.3, 0.4) is 0 Å². The fraction of sp³-hybridized carbons (Fsp3) is 0.462. The van der Waals surface area contributed by atoms with Gasteiger partial charge in [0.25, 0.3) is 0 Å². The molecule has 1 aliphatic rings. The van der Waals surface area contributed by atoms with Crippen molar-refractivity contribution in [1.82, 2.24) is 5.32 Å². The van der Waals surface area contributed by atoms with Gasteiger partial charge in [0, 0.05) is 6.54 Å². The van der Waals surface area contributed by atoms with E-state index in [1.54, 1.807) is 18.2 Å².